The number of ether oxygens (including phenoxy) is 1. The molecule has 4 rings (SSSR count). The first-order chi connectivity index (χ1) is 13.7. The molecule has 1 N–H and O–H groups in total. The molecule has 0 aliphatic heterocycles. The van der Waals surface area contributed by atoms with Gasteiger partial charge in [0.2, 0.25) is 0 Å². The molecule has 0 saturated carbocycles. The van der Waals surface area contributed by atoms with Gasteiger partial charge in [0.1, 0.15) is 11.5 Å². The van der Waals surface area contributed by atoms with E-state index in [1.54, 1.807) is 54.6 Å². The largest absolute Gasteiger partial charge is 0.507 e. The van der Waals surface area contributed by atoms with Crippen molar-refractivity contribution in [2.45, 2.75) is 12.3 Å². The maximum Gasteiger partial charge on any atom is 0.499 e. The SMILES string of the molecule is Oc1ccc2ccccc2c1-c1c(OC(F)(F)C(F)(F)F)ccc2ccccc12. The van der Waals surface area contributed by atoms with Crippen LogP contribution in [0, 0.1) is 0 Å². The Bertz CT molecular complexity index is 1210. The van der Waals surface area contributed by atoms with Gasteiger partial charge in [0.25, 0.3) is 0 Å². The van der Waals surface area contributed by atoms with Crippen molar-refractivity contribution in [2.24, 2.45) is 0 Å². The first-order valence-electron chi connectivity index (χ1n) is 8.55. The molecule has 0 atom stereocenters. The summed E-state index contributed by atoms with van der Waals surface area (Å²) in [7, 11) is 0. The van der Waals surface area contributed by atoms with Gasteiger partial charge in [-0.3, -0.25) is 0 Å². The van der Waals surface area contributed by atoms with Crippen LogP contribution in [0.1, 0.15) is 0 Å². The third-order valence-electron chi connectivity index (χ3n) is 4.62. The summed E-state index contributed by atoms with van der Waals surface area (Å²) in [5.41, 5.74) is 0.0780. The van der Waals surface area contributed by atoms with Crippen LogP contribution < -0.4 is 4.74 Å². The molecular weight excluding hydrogens is 391 g/mol. The number of phenolic OH excluding ortho intramolecular Hbond substituents is 1. The minimum absolute atomic E-state index is 0.0404. The van der Waals surface area contributed by atoms with E-state index >= 15 is 0 Å². The van der Waals surface area contributed by atoms with Crippen LogP contribution in [0.5, 0.6) is 11.5 Å². The van der Waals surface area contributed by atoms with Crippen LogP contribution in [0.4, 0.5) is 22.0 Å². The zero-order valence-corrected chi connectivity index (χ0v) is 14.7. The summed E-state index contributed by atoms with van der Waals surface area (Å²) < 4.78 is 70.0. The van der Waals surface area contributed by atoms with Crippen molar-refractivity contribution in [3.63, 3.8) is 0 Å². The molecular formula is C22H13F5O2. The second-order valence-electron chi connectivity index (χ2n) is 6.46. The van der Waals surface area contributed by atoms with Gasteiger partial charge in [-0.2, -0.15) is 22.0 Å². The summed E-state index contributed by atoms with van der Waals surface area (Å²) in [6, 6.07) is 18.9. The van der Waals surface area contributed by atoms with E-state index in [1.165, 1.54) is 12.1 Å². The van der Waals surface area contributed by atoms with Crippen molar-refractivity contribution in [1.82, 2.24) is 0 Å². The summed E-state index contributed by atoms with van der Waals surface area (Å²) in [5, 5.41) is 12.7. The third kappa shape index (κ3) is 3.22. The summed E-state index contributed by atoms with van der Waals surface area (Å²) in [4.78, 5) is 0. The first kappa shape index (κ1) is 19.0. The topological polar surface area (TPSA) is 29.5 Å². The van der Waals surface area contributed by atoms with Crippen LogP contribution in [0.15, 0.2) is 72.8 Å². The molecule has 0 heterocycles. The van der Waals surface area contributed by atoms with E-state index in [2.05, 4.69) is 4.74 Å². The molecule has 4 aromatic carbocycles. The number of hydrogen-bond acceptors (Lipinski definition) is 2. The van der Waals surface area contributed by atoms with E-state index in [-0.39, 0.29) is 16.9 Å². The van der Waals surface area contributed by atoms with E-state index in [0.29, 0.717) is 21.5 Å². The quantitative estimate of drug-likeness (QED) is 0.377. The fourth-order valence-corrected chi connectivity index (χ4v) is 3.31. The zero-order valence-electron chi connectivity index (χ0n) is 14.7. The average Bonchev–Trinajstić information content (AvgIpc) is 2.67. The van der Waals surface area contributed by atoms with Gasteiger partial charge in [0.15, 0.2) is 0 Å². The molecule has 148 valence electrons. The minimum atomic E-state index is -5.89. The number of alkyl halides is 5. The Labute approximate surface area is 161 Å². The fraction of sp³-hybridized carbons (Fsp3) is 0.0909. The van der Waals surface area contributed by atoms with E-state index in [4.69, 9.17) is 0 Å². The Morgan fingerprint density at radius 1 is 0.621 bits per heavy atom. The second kappa shape index (κ2) is 6.62. The lowest BCUT2D eigenvalue weighted by Crippen LogP contribution is -2.42. The Balaban J connectivity index is 2.08. The van der Waals surface area contributed by atoms with Crippen molar-refractivity contribution in [1.29, 1.82) is 0 Å². The number of hydrogen-bond donors (Lipinski definition) is 1. The molecule has 0 aliphatic rings. The molecule has 0 aliphatic carbocycles. The molecule has 0 spiro atoms. The molecule has 4 aromatic rings. The third-order valence-corrected chi connectivity index (χ3v) is 4.62. The van der Waals surface area contributed by atoms with Gasteiger partial charge in [0.05, 0.1) is 0 Å². The lowest BCUT2D eigenvalue weighted by molar-refractivity contribution is -0.360. The van der Waals surface area contributed by atoms with Gasteiger partial charge in [-0.05, 0) is 33.7 Å². The number of phenols is 1. The Hall–Kier alpha value is -3.35. The second-order valence-corrected chi connectivity index (χ2v) is 6.46. The number of benzene rings is 4. The molecule has 0 saturated heterocycles. The number of aromatic hydroxyl groups is 1. The molecule has 0 radical (unpaired) electrons. The number of halogens is 5. The number of fused-ring (bicyclic) bond motifs is 2. The van der Waals surface area contributed by atoms with Crippen LogP contribution in [0.2, 0.25) is 0 Å². The summed E-state index contributed by atoms with van der Waals surface area (Å²) in [6.45, 7) is 0. The standard InChI is InChI=1S/C22H13F5O2/c23-21(24,25)22(26,27)29-18-12-10-14-6-2-4-8-16(14)20(18)19-15-7-3-1-5-13(15)9-11-17(19)28/h1-12,28H. The van der Waals surface area contributed by atoms with Crippen LogP contribution >= 0.6 is 0 Å². The van der Waals surface area contributed by atoms with Gasteiger partial charge < -0.3 is 9.84 Å². The van der Waals surface area contributed by atoms with Crippen molar-refractivity contribution < 1.29 is 31.8 Å². The normalized spacial score (nSPS) is 12.4. The summed E-state index contributed by atoms with van der Waals surface area (Å²) in [5.74, 6) is -0.946. The van der Waals surface area contributed by atoms with Gasteiger partial charge >= 0.3 is 12.3 Å². The van der Waals surface area contributed by atoms with Gasteiger partial charge in [-0.1, -0.05) is 60.7 Å². The van der Waals surface area contributed by atoms with E-state index in [9.17, 15) is 27.1 Å². The highest BCUT2D eigenvalue weighted by molar-refractivity contribution is 6.09. The Morgan fingerprint density at radius 2 is 1.14 bits per heavy atom. The maximum atomic E-state index is 13.7. The van der Waals surface area contributed by atoms with Gasteiger partial charge in [0, 0.05) is 11.1 Å². The van der Waals surface area contributed by atoms with Crippen molar-refractivity contribution >= 4 is 21.5 Å². The lowest BCUT2D eigenvalue weighted by Gasteiger charge is -2.23. The zero-order chi connectivity index (χ0) is 20.8. The fourth-order valence-electron chi connectivity index (χ4n) is 3.31. The first-order valence-corrected chi connectivity index (χ1v) is 8.55. The molecule has 7 heteroatoms. The highest BCUT2D eigenvalue weighted by atomic mass is 19.4. The molecule has 0 amide bonds. The van der Waals surface area contributed by atoms with Crippen LogP contribution in [0.3, 0.4) is 0 Å². The van der Waals surface area contributed by atoms with E-state index < -0.39 is 18.0 Å². The Morgan fingerprint density at radius 3 is 1.72 bits per heavy atom. The highest BCUT2D eigenvalue weighted by Crippen LogP contribution is 2.47. The molecule has 0 unspecified atom stereocenters. The van der Waals surface area contributed by atoms with E-state index in [0.717, 1.165) is 6.07 Å². The van der Waals surface area contributed by atoms with Crippen molar-refractivity contribution in [3.8, 4) is 22.6 Å². The van der Waals surface area contributed by atoms with Gasteiger partial charge in [-0.15, -0.1) is 0 Å². The van der Waals surface area contributed by atoms with Gasteiger partial charge in [-0.25, -0.2) is 0 Å². The van der Waals surface area contributed by atoms with Crippen molar-refractivity contribution in [2.75, 3.05) is 0 Å². The summed E-state index contributed by atoms with van der Waals surface area (Å²) in [6.07, 6.45) is -11.3. The van der Waals surface area contributed by atoms with Crippen LogP contribution in [-0.4, -0.2) is 17.4 Å². The molecule has 0 aromatic heterocycles. The molecule has 0 fully saturated rings. The lowest BCUT2D eigenvalue weighted by atomic mass is 9.92. The van der Waals surface area contributed by atoms with Crippen LogP contribution in [-0.2, 0) is 0 Å². The maximum absolute atomic E-state index is 13.7. The monoisotopic (exact) mass is 404 g/mol. The number of rotatable bonds is 3. The predicted octanol–water partition coefficient (Wildman–Crippen LogP) is 6.90. The highest BCUT2D eigenvalue weighted by Gasteiger charge is 2.61. The Kier molecular flexibility index (Phi) is 4.33. The van der Waals surface area contributed by atoms with Crippen LogP contribution in [0.25, 0.3) is 32.7 Å². The van der Waals surface area contributed by atoms with Crippen molar-refractivity contribution in [3.05, 3.63) is 72.8 Å². The predicted molar refractivity (Wildman–Crippen MR) is 100 cm³/mol. The average molecular weight is 404 g/mol. The molecule has 0 bridgehead atoms. The smallest absolute Gasteiger partial charge is 0.499 e. The van der Waals surface area contributed by atoms with E-state index in [1.807, 2.05) is 0 Å². The minimum Gasteiger partial charge on any atom is -0.507 e. The molecule has 2 nitrogen and oxygen atoms in total. The molecule has 29 heavy (non-hydrogen) atoms. The summed E-state index contributed by atoms with van der Waals surface area (Å²) >= 11 is 0.